The third-order valence-electron chi connectivity index (χ3n) is 6.64. The fourth-order valence-electron chi connectivity index (χ4n) is 5.42. The van der Waals surface area contributed by atoms with Gasteiger partial charge in [0.2, 0.25) is 0 Å². The van der Waals surface area contributed by atoms with Crippen LogP contribution in [-0.2, 0) is 29.2 Å². The molecule has 172 valence electrons. The zero-order valence-corrected chi connectivity index (χ0v) is 19.1. The molecular formula is C26H22N2O6. The van der Waals surface area contributed by atoms with Crippen LogP contribution in [0.3, 0.4) is 0 Å². The highest BCUT2D eigenvalue weighted by atomic mass is 16.5. The fraction of sp³-hybridized carbons (Fsp3) is 0.231. The van der Waals surface area contributed by atoms with Gasteiger partial charge < -0.3 is 14.2 Å². The van der Waals surface area contributed by atoms with E-state index in [0.29, 0.717) is 22.4 Å². The highest BCUT2D eigenvalue weighted by molar-refractivity contribution is 6.09. The Kier molecular flexibility index (Phi) is 4.89. The molecule has 0 N–H and O–H groups in total. The van der Waals surface area contributed by atoms with Crippen LogP contribution >= 0.6 is 0 Å². The summed E-state index contributed by atoms with van der Waals surface area (Å²) in [6, 6.07) is 12.2. The van der Waals surface area contributed by atoms with E-state index in [1.54, 1.807) is 19.1 Å². The van der Waals surface area contributed by atoms with Gasteiger partial charge in [-0.25, -0.2) is 19.4 Å². The highest BCUT2D eigenvalue weighted by Crippen LogP contribution is 2.61. The van der Waals surface area contributed by atoms with E-state index in [1.165, 1.54) is 26.3 Å². The minimum Gasteiger partial charge on any atom is -0.466 e. The molecular weight excluding hydrogens is 436 g/mol. The van der Waals surface area contributed by atoms with Crippen molar-refractivity contribution in [2.24, 2.45) is 5.10 Å². The second-order valence-electron chi connectivity index (χ2n) is 8.17. The normalized spacial score (nSPS) is 21.6. The number of methoxy groups -OCH3 is 3. The van der Waals surface area contributed by atoms with Gasteiger partial charge in [-0.05, 0) is 35.8 Å². The monoisotopic (exact) mass is 458 g/mol. The average Bonchev–Trinajstić information content (AvgIpc) is 3.33. The Hall–Kier alpha value is -4.20. The molecule has 2 atom stereocenters. The zero-order chi connectivity index (χ0) is 24.2. The first kappa shape index (κ1) is 21.6. The minimum atomic E-state index is -1.17. The second-order valence-corrected chi connectivity index (χ2v) is 8.17. The molecule has 2 aromatic carbocycles. The smallest absolute Gasteiger partial charge is 0.356 e. The molecule has 34 heavy (non-hydrogen) atoms. The largest absolute Gasteiger partial charge is 0.466 e. The summed E-state index contributed by atoms with van der Waals surface area (Å²) in [6.45, 7) is 1.80. The van der Waals surface area contributed by atoms with Crippen molar-refractivity contribution in [1.82, 2.24) is 5.01 Å². The number of benzene rings is 2. The maximum Gasteiger partial charge on any atom is 0.356 e. The molecule has 0 bridgehead atoms. The quantitative estimate of drug-likeness (QED) is 0.516. The first-order chi connectivity index (χ1) is 16.4. The highest BCUT2D eigenvalue weighted by Gasteiger charge is 2.63. The molecule has 0 fully saturated rings. The van der Waals surface area contributed by atoms with Gasteiger partial charge in [-0.2, -0.15) is 5.10 Å². The van der Waals surface area contributed by atoms with Crippen molar-refractivity contribution in [3.63, 3.8) is 0 Å². The maximum absolute atomic E-state index is 13.4. The first-order valence-corrected chi connectivity index (χ1v) is 10.7. The van der Waals surface area contributed by atoms with E-state index < -0.39 is 29.4 Å². The summed E-state index contributed by atoms with van der Waals surface area (Å²) >= 11 is 0. The summed E-state index contributed by atoms with van der Waals surface area (Å²) in [4.78, 5) is 39.3. The van der Waals surface area contributed by atoms with Crippen molar-refractivity contribution < 1.29 is 28.6 Å². The molecule has 1 aliphatic carbocycles. The summed E-state index contributed by atoms with van der Waals surface area (Å²) in [6.07, 6.45) is 3.76. The van der Waals surface area contributed by atoms with Gasteiger partial charge >= 0.3 is 17.9 Å². The van der Waals surface area contributed by atoms with E-state index in [2.05, 4.69) is 5.10 Å². The third-order valence-corrected chi connectivity index (χ3v) is 6.64. The zero-order valence-electron chi connectivity index (χ0n) is 19.1. The molecule has 0 saturated carbocycles. The Labute approximate surface area is 196 Å². The third kappa shape index (κ3) is 2.59. The van der Waals surface area contributed by atoms with Crippen molar-refractivity contribution >= 4 is 23.6 Å². The molecule has 0 saturated heterocycles. The Morgan fingerprint density at radius 1 is 0.882 bits per heavy atom. The van der Waals surface area contributed by atoms with Crippen molar-refractivity contribution in [2.75, 3.05) is 21.3 Å². The van der Waals surface area contributed by atoms with Gasteiger partial charge in [0, 0.05) is 5.56 Å². The molecule has 1 spiro atoms. The van der Waals surface area contributed by atoms with Gasteiger partial charge in [0.25, 0.3) is 0 Å². The number of ether oxygens (including phenoxy) is 3. The lowest BCUT2D eigenvalue weighted by Crippen LogP contribution is -2.44. The van der Waals surface area contributed by atoms with Crippen molar-refractivity contribution in [3.05, 3.63) is 82.6 Å². The van der Waals surface area contributed by atoms with Crippen LogP contribution in [0.1, 0.15) is 28.4 Å². The standard InChI is InChI=1S/C26H22N2O6/c1-14-12-13-19-26(21(24(30)33-3)22(25(31)34-4)28(19)27-14)17-10-6-5-8-15(17)20-16(23(29)32-2)9-7-11-18(20)26/h5-13,19H,1-4H3/t19?,26-/m0/s1. The number of carbonyl (C=O) groups excluding carboxylic acids is 3. The van der Waals surface area contributed by atoms with E-state index in [9.17, 15) is 14.4 Å². The van der Waals surface area contributed by atoms with E-state index in [4.69, 9.17) is 14.2 Å². The van der Waals surface area contributed by atoms with Gasteiger partial charge in [0.15, 0.2) is 5.70 Å². The van der Waals surface area contributed by atoms with E-state index in [1.807, 2.05) is 42.5 Å². The summed E-state index contributed by atoms with van der Waals surface area (Å²) in [5.74, 6) is -1.88. The lowest BCUT2D eigenvalue weighted by atomic mass is 9.68. The van der Waals surface area contributed by atoms with Crippen LogP contribution in [0.5, 0.6) is 0 Å². The molecule has 8 heteroatoms. The minimum absolute atomic E-state index is 0.00849. The first-order valence-electron chi connectivity index (χ1n) is 10.7. The summed E-state index contributed by atoms with van der Waals surface area (Å²) in [5, 5.41) is 6.14. The molecule has 0 amide bonds. The summed E-state index contributed by atoms with van der Waals surface area (Å²) < 4.78 is 15.4. The van der Waals surface area contributed by atoms with Crippen LogP contribution in [0.15, 0.2) is 71.0 Å². The number of esters is 3. The van der Waals surface area contributed by atoms with Gasteiger partial charge in [-0.1, -0.05) is 42.5 Å². The Morgan fingerprint density at radius 2 is 1.56 bits per heavy atom. The average molecular weight is 458 g/mol. The molecule has 0 radical (unpaired) electrons. The van der Waals surface area contributed by atoms with Crippen molar-refractivity contribution in [3.8, 4) is 11.1 Å². The lowest BCUT2D eigenvalue weighted by molar-refractivity contribution is -0.140. The Bertz CT molecular complexity index is 1350. The van der Waals surface area contributed by atoms with Crippen LogP contribution < -0.4 is 0 Å². The number of hydrogen-bond acceptors (Lipinski definition) is 8. The number of carbonyl (C=O) groups is 3. The number of fused-ring (bicyclic) bond motifs is 7. The van der Waals surface area contributed by atoms with Crippen LogP contribution in [0.4, 0.5) is 0 Å². The van der Waals surface area contributed by atoms with Gasteiger partial charge in [0.05, 0.1) is 49.6 Å². The number of rotatable bonds is 3. The van der Waals surface area contributed by atoms with E-state index in [-0.39, 0.29) is 11.3 Å². The van der Waals surface area contributed by atoms with Gasteiger partial charge in [0.1, 0.15) is 0 Å². The lowest BCUT2D eigenvalue weighted by Gasteiger charge is -2.37. The second kappa shape index (κ2) is 7.69. The van der Waals surface area contributed by atoms with E-state index in [0.717, 1.165) is 11.1 Å². The molecule has 1 unspecified atom stereocenters. The van der Waals surface area contributed by atoms with Crippen LogP contribution in [0.2, 0.25) is 0 Å². The number of allylic oxidation sites excluding steroid dienone is 1. The topological polar surface area (TPSA) is 94.5 Å². The molecule has 5 rings (SSSR count). The predicted molar refractivity (Wildman–Crippen MR) is 123 cm³/mol. The van der Waals surface area contributed by atoms with Gasteiger partial charge in [-0.15, -0.1) is 0 Å². The molecule has 2 heterocycles. The molecule has 2 aliphatic heterocycles. The SMILES string of the molecule is COC(=O)C1=C(C(=O)OC)[C@]2(c3ccccc3-c3c(C(=O)OC)cccc32)C2C=CC(C)=NN12. The predicted octanol–water partition coefficient (Wildman–Crippen LogP) is 2.97. The van der Waals surface area contributed by atoms with Crippen LogP contribution in [-0.4, -0.2) is 56.0 Å². The molecule has 0 aromatic heterocycles. The van der Waals surface area contributed by atoms with Crippen LogP contribution in [0, 0.1) is 0 Å². The molecule has 8 nitrogen and oxygen atoms in total. The van der Waals surface area contributed by atoms with Gasteiger partial charge in [-0.3, -0.25) is 0 Å². The Morgan fingerprint density at radius 3 is 2.26 bits per heavy atom. The van der Waals surface area contributed by atoms with Crippen molar-refractivity contribution in [2.45, 2.75) is 18.4 Å². The fourth-order valence-corrected chi connectivity index (χ4v) is 5.42. The molecule has 2 aromatic rings. The summed E-state index contributed by atoms with van der Waals surface area (Å²) in [7, 11) is 3.85. The van der Waals surface area contributed by atoms with Crippen molar-refractivity contribution in [1.29, 1.82) is 0 Å². The number of nitrogens with zero attached hydrogens (tertiary/aromatic N) is 2. The molecule has 3 aliphatic rings. The Balaban J connectivity index is 1.97. The van der Waals surface area contributed by atoms with Crippen LogP contribution in [0.25, 0.3) is 11.1 Å². The maximum atomic E-state index is 13.4. The summed E-state index contributed by atoms with van der Waals surface area (Å²) in [5.41, 5.74) is 2.84. The number of hydrogen-bond donors (Lipinski definition) is 0. The van der Waals surface area contributed by atoms with E-state index >= 15 is 0 Å². The number of hydrazone groups is 1.